The standard InChI is InChI=1S/C24H24FN5O2/c1-32-20-6-2-5-19(25)22(20)23-18-14-30(24(31)17(18)9-10-27-23)21-8-7-16(13-28-21)29-11-3-4-15(29)12-26/h2,5-10,13,15H,3-4,11-12,14,26H2,1H3/t15-/m0/s1. The molecule has 2 aromatic heterocycles. The molecule has 2 aliphatic rings. The van der Waals surface area contributed by atoms with E-state index in [1.54, 1.807) is 29.3 Å². The first-order chi connectivity index (χ1) is 15.6. The molecule has 2 aliphatic heterocycles. The SMILES string of the molecule is COc1cccc(F)c1-c1nccc2c1CN(c1ccc(N3CCC[C@H]3CN)cn1)C2=O. The Morgan fingerprint density at radius 1 is 1.22 bits per heavy atom. The molecule has 0 saturated carbocycles. The van der Waals surface area contributed by atoms with Gasteiger partial charge in [0.15, 0.2) is 0 Å². The Morgan fingerprint density at radius 3 is 2.84 bits per heavy atom. The molecule has 1 amide bonds. The molecule has 0 aliphatic carbocycles. The minimum atomic E-state index is -0.446. The molecule has 32 heavy (non-hydrogen) atoms. The predicted molar refractivity (Wildman–Crippen MR) is 120 cm³/mol. The van der Waals surface area contributed by atoms with Crippen molar-refractivity contribution in [2.45, 2.75) is 25.4 Å². The van der Waals surface area contributed by atoms with Crippen molar-refractivity contribution in [2.24, 2.45) is 5.73 Å². The molecule has 5 rings (SSSR count). The highest BCUT2D eigenvalue weighted by Gasteiger charge is 2.33. The van der Waals surface area contributed by atoms with Crippen molar-refractivity contribution in [3.05, 3.63) is 65.7 Å². The van der Waals surface area contributed by atoms with Crippen LogP contribution in [0.1, 0.15) is 28.8 Å². The number of ether oxygens (including phenoxy) is 1. The number of carbonyl (C=O) groups excluding carboxylic acids is 1. The van der Waals surface area contributed by atoms with Crippen LogP contribution in [0.4, 0.5) is 15.9 Å². The maximum atomic E-state index is 14.7. The van der Waals surface area contributed by atoms with Crippen molar-refractivity contribution in [2.75, 3.05) is 30.0 Å². The van der Waals surface area contributed by atoms with Gasteiger partial charge in [-0.2, -0.15) is 0 Å². The van der Waals surface area contributed by atoms with Crippen LogP contribution in [0.5, 0.6) is 5.75 Å². The fourth-order valence-corrected chi connectivity index (χ4v) is 4.66. The summed E-state index contributed by atoms with van der Waals surface area (Å²) in [6, 6.07) is 10.4. The zero-order chi connectivity index (χ0) is 22.2. The average Bonchev–Trinajstić information content (AvgIpc) is 3.44. The number of hydrogen-bond donors (Lipinski definition) is 1. The monoisotopic (exact) mass is 433 g/mol. The first-order valence-corrected chi connectivity index (χ1v) is 10.7. The van der Waals surface area contributed by atoms with Gasteiger partial charge in [0.2, 0.25) is 0 Å². The Morgan fingerprint density at radius 2 is 2.09 bits per heavy atom. The number of aromatic nitrogens is 2. The fourth-order valence-electron chi connectivity index (χ4n) is 4.66. The number of hydrogen-bond acceptors (Lipinski definition) is 6. The van der Waals surface area contributed by atoms with Gasteiger partial charge in [-0.25, -0.2) is 9.37 Å². The third-order valence-electron chi connectivity index (χ3n) is 6.27. The van der Waals surface area contributed by atoms with E-state index in [0.29, 0.717) is 41.0 Å². The van der Waals surface area contributed by atoms with Crippen LogP contribution in [-0.2, 0) is 6.54 Å². The summed E-state index contributed by atoms with van der Waals surface area (Å²) in [7, 11) is 1.49. The lowest BCUT2D eigenvalue weighted by molar-refractivity contribution is 0.0996. The highest BCUT2D eigenvalue weighted by atomic mass is 19.1. The van der Waals surface area contributed by atoms with E-state index < -0.39 is 5.82 Å². The Bertz CT molecular complexity index is 1170. The largest absolute Gasteiger partial charge is 0.496 e. The minimum absolute atomic E-state index is 0.180. The molecule has 1 aromatic carbocycles. The number of pyridine rings is 2. The lowest BCUT2D eigenvalue weighted by Crippen LogP contribution is -2.35. The Labute approximate surface area is 185 Å². The zero-order valence-electron chi connectivity index (χ0n) is 17.8. The zero-order valence-corrected chi connectivity index (χ0v) is 17.8. The van der Waals surface area contributed by atoms with Crippen LogP contribution in [0.25, 0.3) is 11.3 Å². The van der Waals surface area contributed by atoms with Crippen molar-refractivity contribution < 1.29 is 13.9 Å². The second-order valence-electron chi connectivity index (χ2n) is 7.99. The third kappa shape index (κ3) is 3.27. The van der Waals surface area contributed by atoms with Crippen molar-refractivity contribution >= 4 is 17.4 Å². The van der Waals surface area contributed by atoms with E-state index in [1.807, 2.05) is 12.1 Å². The average molecular weight is 433 g/mol. The Hall–Kier alpha value is -3.52. The van der Waals surface area contributed by atoms with E-state index in [0.717, 1.165) is 25.1 Å². The summed E-state index contributed by atoms with van der Waals surface area (Å²) < 4.78 is 20.1. The number of rotatable bonds is 5. The number of nitrogens with zero attached hydrogens (tertiary/aromatic N) is 4. The number of halogens is 1. The van der Waals surface area contributed by atoms with Gasteiger partial charge in [0.1, 0.15) is 17.4 Å². The van der Waals surface area contributed by atoms with E-state index in [4.69, 9.17) is 10.5 Å². The van der Waals surface area contributed by atoms with Gasteiger partial charge in [-0.3, -0.25) is 14.7 Å². The van der Waals surface area contributed by atoms with Gasteiger partial charge in [0, 0.05) is 36.5 Å². The highest BCUT2D eigenvalue weighted by molar-refractivity contribution is 6.10. The summed E-state index contributed by atoms with van der Waals surface area (Å²) in [5.74, 6) is 0.295. The van der Waals surface area contributed by atoms with Gasteiger partial charge < -0.3 is 15.4 Å². The quantitative estimate of drug-likeness (QED) is 0.664. The van der Waals surface area contributed by atoms with Crippen LogP contribution >= 0.6 is 0 Å². The molecular weight excluding hydrogens is 409 g/mol. The number of methoxy groups -OCH3 is 1. The fraction of sp³-hybridized carbons (Fsp3) is 0.292. The Balaban J connectivity index is 1.47. The number of amides is 1. The summed E-state index contributed by atoms with van der Waals surface area (Å²) in [4.78, 5) is 26.0. The van der Waals surface area contributed by atoms with Crippen molar-refractivity contribution in [3.63, 3.8) is 0 Å². The van der Waals surface area contributed by atoms with Crippen molar-refractivity contribution in [3.8, 4) is 17.0 Å². The van der Waals surface area contributed by atoms with E-state index in [1.165, 1.54) is 19.4 Å². The lowest BCUT2D eigenvalue weighted by atomic mass is 10.0. The van der Waals surface area contributed by atoms with Gasteiger partial charge in [-0.15, -0.1) is 0 Å². The van der Waals surface area contributed by atoms with Crippen LogP contribution in [0, 0.1) is 5.82 Å². The van der Waals surface area contributed by atoms with Crippen molar-refractivity contribution in [1.82, 2.24) is 9.97 Å². The summed E-state index contributed by atoms with van der Waals surface area (Å²) in [6.45, 7) is 1.82. The molecule has 0 radical (unpaired) electrons. The first kappa shape index (κ1) is 20.4. The third-order valence-corrected chi connectivity index (χ3v) is 6.27. The molecule has 8 heteroatoms. The molecule has 1 fully saturated rings. The van der Waals surface area contributed by atoms with Gasteiger partial charge in [0.05, 0.1) is 36.8 Å². The second-order valence-corrected chi connectivity index (χ2v) is 7.99. The lowest BCUT2D eigenvalue weighted by Gasteiger charge is -2.26. The molecular formula is C24H24FN5O2. The molecule has 0 spiro atoms. The summed E-state index contributed by atoms with van der Waals surface area (Å²) in [5, 5.41) is 0. The molecule has 0 bridgehead atoms. The van der Waals surface area contributed by atoms with Crippen LogP contribution in [0.15, 0.2) is 48.8 Å². The van der Waals surface area contributed by atoms with E-state index in [-0.39, 0.29) is 18.0 Å². The molecule has 1 saturated heterocycles. The van der Waals surface area contributed by atoms with E-state index in [2.05, 4.69) is 14.9 Å². The van der Waals surface area contributed by atoms with Crippen LogP contribution in [0.3, 0.4) is 0 Å². The smallest absolute Gasteiger partial charge is 0.260 e. The summed E-state index contributed by atoms with van der Waals surface area (Å²) in [6.07, 6.45) is 5.50. The molecule has 1 atom stereocenters. The number of anilines is 2. The number of benzene rings is 1. The summed E-state index contributed by atoms with van der Waals surface area (Å²) in [5.41, 5.74) is 8.72. The Kier molecular flexibility index (Phi) is 5.22. The molecule has 7 nitrogen and oxygen atoms in total. The summed E-state index contributed by atoms with van der Waals surface area (Å²) >= 11 is 0. The number of fused-ring (bicyclic) bond motifs is 1. The van der Waals surface area contributed by atoms with Crippen LogP contribution in [0.2, 0.25) is 0 Å². The highest BCUT2D eigenvalue weighted by Crippen LogP contribution is 2.38. The first-order valence-electron chi connectivity index (χ1n) is 10.7. The predicted octanol–water partition coefficient (Wildman–Crippen LogP) is 3.38. The maximum Gasteiger partial charge on any atom is 0.260 e. The number of carbonyl (C=O) groups is 1. The molecule has 4 heterocycles. The molecule has 0 unspecified atom stereocenters. The minimum Gasteiger partial charge on any atom is -0.496 e. The van der Waals surface area contributed by atoms with E-state index >= 15 is 0 Å². The second kappa shape index (κ2) is 8.20. The topological polar surface area (TPSA) is 84.6 Å². The van der Waals surface area contributed by atoms with Gasteiger partial charge >= 0.3 is 0 Å². The van der Waals surface area contributed by atoms with Crippen molar-refractivity contribution in [1.29, 1.82) is 0 Å². The van der Waals surface area contributed by atoms with Crippen LogP contribution < -0.4 is 20.3 Å². The molecule has 3 aromatic rings. The van der Waals surface area contributed by atoms with Gasteiger partial charge in [0.25, 0.3) is 5.91 Å². The van der Waals surface area contributed by atoms with Gasteiger partial charge in [-0.05, 0) is 43.2 Å². The molecule has 164 valence electrons. The molecule has 2 N–H and O–H groups in total. The maximum absolute atomic E-state index is 14.7. The van der Waals surface area contributed by atoms with Gasteiger partial charge in [-0.1, -0.05) is 6.07 Å². The number of nitrogens with two attached hydrogens (primary N) is 1. The van der Waals surface area contributed by atoms with E-state index in [9.17, 15) is 9.18 Å². The normalized spacial score (nSPS) is 17.7. The van der Waals surface area contributed by atoms with Crippen LogP contribution in [-0.4, -0.2) is 42.1 Å².